The van der Waals surface area contributed by atoms with Crippen LogP contribution in [0.3, 0.4) is 0 Å². The van der Waals surface area contributed by atoms with E-state index in [-0.39, 0.29) is 0 Å². The van der Waals surface area contributed by atoms with Crippen LogP contribution in [0.4, 0.5) is 0 Å². The van der Waals surface area contributed by atoms with Crippen LogP contribution in [-0.4, -0.2) is 0 Å². The van der Waals surface area contributed by atoms with Crippen molar-refractivity contribution in [3.8, 4) is 0 Å². The van der Waals surface area contributed by atoms with Crippen LogP contribution in [0.2, 0.25) is 0 Å². The van der Waals surface area contributed by atoms with E-state index in [2.05, 4.69) is 320 Å². The molecule has 0 saturated heterocycles. The molecule has 0 aliphatic carbocycles. The molecule has 0 spiro atoms. The van der Waals surface area contributed by atoms with Crippen molar-refractivity contribution in [3.63, 3.8) is 0 Å². The largest absolute Gasteiger partial charge is 0.0616 e. The van der Waals surface area contributed by atoms with E-state index in [1.54, 1.807) is 0 Å². The van der Waals surface area contributed by atoms with Gasteiger partial charge in [-0.05, 0) is 181 Å². The van der Waals surface area contributed by atoms with Crippen molar-refractivity contribution >= 4 is 129 Å². The monoisotopic (exact) mass is 1030 g/mol. The molecule has 0 aliphatic heterocycles. The summed E-state index contributed by atoms with van der Waals surface area (Å²) in [5, 5.41) is 32.3. The van der Waals surface area contributed by atoms with Gasteiger partial charge >= 0.3 is 0 Å². The quantitative estimate of drug-likeness (QED) is 0.133. The molecule has 17 aromatic rings. The first-order valence-electron chi connectivity index (χ1n) is 28.3. The van der Waals surface area contributed by atoms with Gasteiger partial charge in [0.1, 0.15) is 0 Å². The molecule has 17 rings (SSSR count). The normalized spacial score (nSPS) is 11.3. The van der Waals surface area contributed by atoms with Crippen molar-refractivity contribution in [2.75, 3.05) is 0 Å². The average molecular weight is 1040 g/mol. The maximum Gasteiger partial charge on any atom is -0.00241 e. The third kappa shape index (κ3) is 9.81. The Balaban J connectivity index is 0.0000000957. The Morgan fingerprint density at radius 1 is 0.148 bits per heavy atom. The summed E-state index contributed by atoms with van der Waals surface area (Å²) in [7, 11) is 0. The molecular formula is C81H62. The molecule has 0 nitrogen and oxygen atoms in total. The van der Waals surface area contributed by atoms with Gasteiger partial charge in [0.2, 0.25) is 0 Å². The molecule has 0 bridgehead atoms. The minimum Gasteiger partial charge on any atom is -0.0616 e. The van der Waals surface area contributed by atoms with Crippen LogP contribution in [-0.2, 0) is 0 Å². The van der Waals surface area contributed by atoms with Gasteiger partial charge in [0, 0.05) is 0 Å². The molecule has 386 valence electrons. The Morgan fingerprint density at radius 2 is 0.469 bits per heavy atom. The van der Waals surface area contributed by atoms with E-state index in [1.165, 1.54) is 157 Å². The molecule has 0 N–H and O–H groups in total. The topological polar surface area (TPSA) is 0 Å². The highest BCUT2D eigenvalue weighted by molar-refractivity contribution is 6.24. The van der Waals surface area contributed by atoms with Crippen LogP contribution in [0.25, 0.3) is 129 Å². The first-order valence-corrected chi connectivity index (χ1v) is 28.3. The molecule has 0 saturated carbocycles. The molecule has 0 atom stereocenters. The van der Waals surface area contributed by atoms with Crippen LogP contribution < -0.4 is 0 Å². The molecule has 0 amide bonds. The van der Waals surface area contributed by atoms with E-state index in [0.717, 1.165) is 0 Å². The second-order valence-electron chi connectivity index (χ2n) is 21.8. The fourth-order valence-electron chi connectivity index (χ4n) is 12.4. The highest BCUT2D eigenvalue weighted by atomic mass is 14.1. The number of hydrogen-bond donors (Lipinski definition) is 0. The predicted molar refractivity (Wildman–Crippen MR) is 357 cm³/mol. The minimum atomic E-state index is 1.31. The molecule has 0 radical (unpaired) electrons. The van der Waals surface area contributed by atoms with Crippen molar-refractivity contribution in [1.29, 1.82) is 0 Å². The number of rotatable bonds is 0. The maximum atomic E-state index is 2.32. The van der Waals surface area contributed by atoms with Gasteiger partial charge in [-0.1, -0.05) is 296 Å². The van der Waals surface area contributed by atoms with Crippen LogP contribution in [0.15, 0.2) is 285 Å². The van der Waals surface area contributed by atoms with Gasteiger partial charge in [0.15, 0.2) is 0 Å². The summed E-state index contributed by atoms with van der Waals surface area (Å²) in [5.74, 6) is 0. The molecule has 0 heteroatoms. The second kappa shape index (κ2) is 21.7. The number of aryl methyl sites for hydroxylation is 5. The fourth-order valence-corrected chi connectivity index (χ4v) is 12.4. The van der Waals surface area contributed by atoms with Crippen LogP contribution in [0, 0.1) is 34.6 Å². The average Bonchev–Trinajstić information content (AvgIpc) is 3.68. The summed E-state index contributed by atoms with van der Waals surface area (Å²) in [6.07, 6.45) is 0. The van der Waals surface area contributed by atoms with Gasteiger partial charge < -0.3 is 0 Å². The maximum absolute atomic E-state index is 2.32. The Kier molecular flexibility index (Phi) is 13.6. The smallest absolute Gasteiger partial charge is 0.00241 e. The van der Waals surface area contributed by atoms with Gasteiger partial charge in [-0.2, -0.15) is 0 Å². The third-order valence-electron chi connectivity index (χ3n) is 16.5. The van der Waals surface area contributed by atoms with Gasteiger partial charge in [0.05, 0.1) is 0 Å². The van der Waals surface area contributed by atoms with E-state index in [9.17, 15) is 0 Å². The molecule has 0 heterocycles. The molecule has 81 heavy (non-hydrogen) atoms. The van der Waals surface area contributed by atoms with Crippen molar-refractivity contribution in [2.45, 2.75) is 34.6 Å². The summed E-state index contributed by atoms with van der Waals surface area (Å²) in [4.78, 5) is 0. The molecule has 0 unspecified atom stereocenters. The molecule has 0 fully saturated rings. The van der Waals surface area contributed by atoms with Gasteiger partial charge in [-0.25, -0.2) is 0 Å². The van der Waals surface area contributed by atoms with Crippen molar-refractivity contribution < 1.29 is 0 Å². The Hall–Kier alpha value is -9.88. The van der Waals surface area contributed by atoms with E-state index < -0.39 is 0 Å². The lowest BCUT2D eigenvalue weighted by atomic mass is 9.92. The van der Waals surface area contributed by atoms with Crippen molar-refractivity contribution in [1.82, 2.24) is 0 Å². The van der Waals surface area contributed by atoms with Gasteiger partial charge in [-0.3, -0.25) is 0 Å². The van der Waals surface area contributed by atoms with E-state index in [0.29, 0.717) is 0 Å². The van der Waals surface area contributed by atoms with E-state index >= 15 is 0 Å². The summed E-state index contributed by atoms with van der Waals surface area (Å²) >= 11 is 0. The highest BCUT2D eigenvalue weighted by Gasteiger charge is 2.10. The summed E-state index contributed by atoms with van der Waals surface area (Å²) < 4.78 is 0. The zero-order chi connectivity index (χ0) is 55.0. The Bertz CT molecular complexity index is 5150. The van der Waals surface area contributed by atoms with E-state index in [4.69, 9.17) is 0 Å². The van der Waals surface area contributed by atoms with Gasteiger partial charge in [-0.15, -0.1) is 0 Å². The molecular weight excluding hydrogens is 973 g/mol. The lowest BCUT2D eigenvalue weighted by Gasteiger charge is -2.11. The van der Waals surface area contributed by atoms with Crippen LogP contribution >= 0.6 is 0 Å². The van der Waals surface area contributed by atoms with Crippen molar-refractivity contribution in [2.24, 2.45) is 0 Å². The van der Waals surface area contributed by atoms with Crippen molar-refractivity contribution in [3.05, 3.63) is 313 Å². The molecule has 17 aromatic carbocycles. The zero-order valence-electron chi connectivity index (χ0n) is 46.6. The van der Waals surface area contributed by atoms with Crippen LogP contribution in [0.5, 0.6) is 0 Å². The number of benzene rings is 17. The standard InChI is InChI=1S/C19H14.C17H12.3C15H12/c1-13-12-19-16-8-3-2-6-14(16)10-11-18(19)17-9-5-4-7-15(13)17;1-11-5-6-14-8-7-12-3-2-4-13-9-10-15(11)17(14)16(12)13;1-11-10-12-6-2-3-8-14(12)15-9-5-4-7-13(11)15;1-11-6-9-15-13(10-11)8-7-12-4-2-3-5-14(12)15;1-11-6-7-13-9-8-12-4-2-3-5-14(12)15(13)10-11/h2-12H,1H3;2-10H,1H3;3*2-10H,1H3. The summed E-state index contributed by atoms with van der Waals surface area (Å²) in [5.41, 5.74) is 6.69. The summed E-state index contributed by atoms with van der Waals surface area (Å²) in [6.45, 7) is 10.8. The van der Waals surface area contributed by atoms with Crippen LogP contribution in [0.1, 0.15) is 27.8 Å². The number of hydrogen-bond acceptors (Lipinski definition) is 0. The molecule has 0 aliphatic rings. The lowest BCUT2D eigenvalue weighted by molar-refractivity contribution is 1.51. The SMILES string of the molecule is Cc1cc2c3ccccc3ccc2c2ccccc12.Cc1cc2ccccc2c2ccccc12.Cc1ccc2c(ccc3ccccc32)c1.Cc1ccc2ccc3cccc4ccc1c2c34.Cc1ccc2ccc3ccccc3c2c1. The first kappa shape index (κ1) is 50.6. The fraction of sp³-hybridized carbons (Fsp3) is 0.0617. The first-order chi connectivity index (χ1) is 39.7. The minimum absolute atomic E-state index is 1.31. The predicted octanol–water partition coefficient (Wildman–Crippen LogP) is 23.3. The lowest BCUT2D eigenvalue weighted by Crippen LogP contribution is -1.85. The van der Waals surface area contributed by atoms with Gasteiger partial charge in [0.25, 0.3) is 0 Å². The Labute approximate surface area is 474 Å². The van der Waals surface area contributed by atoms with E-state index in [1.807, 2.05) is 0 Å². The second-order valence-corrected chi connectivity index (χ2v) is 21.8. The Morgan fingerprint density at radius 3 is 1.10 bits per heavy atom. The summed E-state index contributed by atoms with van der Waals surface area (Å²) in [6, 6.07) is 102. The molecule has 0 aromatic heterocycles. The third-order valence-corrected chi connectivity index (χ3v) is 16.5. The zero-order valence-corrected chi connectivity index (χ0v) is 46.6. The number of fused-ring (bicyclic) bond motifs is 14. The highest BCUT2D eigenvalue weighted by Crippen LogP contribution is 2.37.